The summed E-state index contributed by atoms with van der Waals surface area (Å²) >= 11 is 0. The lowest BCUT2D eigenvalue weighted by molar-refractivity contribution is -0.141. The number of alkyl halides is 3. The smallest absolute Gasteiger partial charge is 0.416 e. The molecule has 2 aromatic carbocycles. The van der Waals surface area contributed by atoms with Crippen LogP contribution in [0.5, 0.6) is 0 Å². The molecule has 4 rings (SSSR count). The molecule has 0 amide bonds. The van der Waals surface area contributed by atoms with E-state index in [-0.39, 0.29) is 5.69 Å². The Hall–Kier alpha value is -3.87. The van der Waals surface area contributed by atoms with Crippen molar-refractivity contribution >= 4 is 28.5 Å². The van der Waals surface area contributed by atoms with Gasteiger partial charge in [-0.15, -0.1) is 0 Å². The zero-order valence-electron chi connectivity index (χ0n) is 17.7. The second-order valence-corrected chi connectivity index (χ2v) is 7.53. The van der Waals surface area contributed by atoms with Crippen LogP contribution < -0.4 is 9.80 Å². The lowest BCUT2D eigenvalue weighted by Gasteiger charge is -2.37. The number of benzene rings is 2. The van der Waals surface area contributed by atoms with Crippen LogP contribution in [0.4, 0.5) is 24.7 Å². The molecule has 3 aromatic rings. The summed E-state index contributed by atoms with van der Waals surface area (Å²) in [6, 6.07) is 14.3. The highest BCUT2D eigenvalue weighted by Gasteiger charge is 2.33. The number of nitrogens with zero attached hydrogens (tertiary/aromatic N) is 5. The molecule has 0 unspecified atom stereocenters. The minimum atomic E-state index is -4.41. The van der Waals surface area contributed by atoms with Gasteiger partial charge in [-0.1, -0.05) is 18.2 Å². The standard InChI is InChI=1S/C23H20F3N5O2/c1-33-22(32)17(14-27)20-21(29-19-8-3-2-7-18(19)28-20)31-11-9-30(10-12-31)16-6-4-5-15(13-16)23(24,25)26/h2-8,13,17H,9-12H2,1H3/t17-/m0/s1. The number of rotatable bonds is 4. The van der Waals surface area contributed by atoms with E-state index in [9.17, 15) is 23.2 Å². The molecular weight excluding hydrogens is 435 g/mol. The molecule has 0 radical (unpaired) electrons. The first-order valence-electron chi connectivity index (χ1n) is 10.2. The Morgan fingerprint density at radius 3 is 2.27 bits per heavy atom. The SMILES string of the molecule is COC(=O)[C@@H](C#N)c1nc2ccccc2nc1N1CCN(c2cccc(C(F)(F)F)c2)CC1. The van der Waals surface area contributed by atoms with E-state index in [1.807, 2.05) is 21.9 Å². The minimum absolute atomic E-state index is 0.204. The molecule has 1 aromatic heterocycles. The van der Waals surface area contributed by atoms with E-state index in [1.165, 1.54) is 13.2 Å². The van der Waals surface area contributed by atoms with Crippen molar-refractivity contribution in [3.05, 3.63) is 59.8 Å². The normalized spacial score (nSPS) is 15.2. The summed E-state index contributed by atoms with van der Waals surface area (Å²) in [5.74, 6) is -1.58. The number of esters is 1. The van der Waals surface area contributed by atoms with E-state index in [4.69, 9.17) is 4.74 Å². The van der Waals surface area contributed by atoms with Gasteiger partial charge >= 0.3 is 12.1 Å². The highest BCUT2D eigenvalue weighted by molar-refractivity contribution is 5.85. The number of carbonyl (C=O) groups excluding carboxylic acids is 1. The van der Waals surface area contributed by atoms with E-state index in [1.54, 1.807) is 24.3 Å². The van der Waals surface area contributed by atoms with Gasteiger partial charge in [0.2, 0.25) is 0 Å². The first-order chi connectivity index (χ1) is 15.8. The third-order valence-electron chi connectivity index (χ3n) is 5.54. The topological polar surface area (TPSA) is 82.3 Å². The highest BCUT2D eigenvalue weighted by Crippen LogP contribution is 2.33. The van der Waals surface area contributed by atoms with Crippen molar-refractivity contribution in [2.45, 2.75) is 12.1 Å². The summed E-state index contributed by atoms with van der Waals surface area (Å²) in [6.07, 6.45) is -4.41. The molecule has 0 spiro atoms. The Kier molecular flexibility index (Phi) is 6.05. The largest absolute Gasteiger partial charge is 0.468 e. The van der Waals surface area contributed by atoms with Gasteiger partial charge in [-0.3, -0.25) is 4.79 Å². The summed E-state index contributed by atoms with van der Waals surface area (Å²) in [5, 5.41) is 9.62. The van der Waals surface area contributed by atoms with Crippen LogP contribution in [0.25, 0.3) is 11.0 Å². The Balaban J connectivity index is 1.63. The highest BCUT2D eigenvalue weighted by atomic mass is 19.4. The monoisotopic (exact) mass is 455 g/mol. The van der Waals surface area contributed by atoms with Crippen molar-refractivity contribution in [3.63, 3.8) is 0 Å². The van der Waals surface area contributed by atoms with Crippen molar-refractivity contribution in [2.75, 3.05) is 43.1 Å². The van der Waals surface area contributed by atoms with Gasteiger partial charge in [0.15, 0.2) is 11.7 Å². The van der Waals surface area contributed by atoms with Gasteiger partial charge in [0, 0.05) is 31.9 Å². The molecule has 0 saturated carbocycles. The first-order valence-corrected chi connectivity index (χ1v) is 10.2. The van der Waals surface area contributed by atoms with Gasteiger partial charge in [0.05, 0.1) is 29.8 Å². The molecule has 1 aliphatic heterocycles. The third kappa shape index (κ3) is 4.53. The van der Waals surface area contributed by atoms with Gasteiger partial charge in [-0.2, -0.15) is 18.4 Å². The van der Waals surface area contributed by atoms with E-state index in [2.05, 4.69) is 9.97 Å². The number of piperazine rings is 1. The first kappa shape index (κ1) is 22.3. The minimum Gasteiger partial charge on any atom is -0.468 e. The molecule has 10 heteroatoms. The molecule has 0 N–H and O–H groups in total. The Labute approximate surface area is 188 Å². The van der Waals surface area contributed by atoms with E-state index in [0.29, 0.717) is 48.7 Å². The van der Waals surface area contributed by atoms with Crippen LogP contribution in [0.2, 0.25) is 0 Å². The summed E-state index contributed by atoms with van der Waals surface area (Å²) < 4.78 is 44.0. The van der Waals surface area contributed by atoms with Crippen molar-refractivity contribution in [2.24, 2.45) is 0 Å². The maximum absolute atomic E-state index is 13.1. The molecular formula is C23H20F3N5O2. The fraction of sp³-hybridized carbons (Fsp3) is 0.304. The Morgan fingerprint density at radius 1 is 1.03 bits per heavy atom. The van der Waals surface area contributed by atoms with Gasteiger partial charge < -0.3 is 14.5 Å². The molecule has 0 aliphatic carbocycles. The van der Waals surface area contributed by atoms with Crippen LogP contribution in [-0.4, -0.2) is 49.2 Å². The van der Waals surface area contributed by atoms with Crippen LogP contribution >= 0.6 is 0 Å². The molecule has 1 fully saturated rings. The van der Waals surface area contributed by atoms with Crippen molar-refractivity contribution in [1.82, 2.24) is 9.97 Å². The number of hydrogen-bond donors (Lipinski definition) is 0. The average molecular weight is 455 g/mol. The summed E-state index contributed by atoms with van der Waals surface area (Å²) in [4.78, 5) is 25.2. The zero-order chi connectivity index (χ0) is 23.6. The van der Waals surface area contributed by atoms with Gasteiger partial charge in [0.25, 0.3) is 0 Å². The number of methoxy groups -OCH3 is 1. The van der Waals surface area contributed by atoms with Gasteiger partial charge in [-0.25, -0.2) is 9.97 Å². The van der Waals surface area contributed by atoms with Crippen LogP contribution in [0.1, 0.15) is 17.2 Å². The molecule has 170 valence electrons. The number of anilines is 2. The van der Waals surface area contributed by atoms with E-state index >= 15 is 0 Å². The van der Waals surface area contributed by atoms with Crippen molar-refractivity contribution < 1.29 is 22.7 Å². The van der Waals surface area contributed by atoms with Gasteiger partial charge in [-0.05, 0) is 30.3 Å². The quantitative estimate of drug-likeness (QED) is 0.554. The van der Waals surface area contributed by atoms with E-state index in [0.717, 1.165) is 12.1 Å². The number of ether oxygens (including phenoxy) is 1. The maximum Gasteiger partial charge on any atom is 0.416 e. The maximum atomic E-state index is 13.1. The van der Waals surface area contributed by atoms with Crippen LogP contribution in [0.15, 0.2) is 48.5 Å². The fourth-order valence-electron chi connectivity index (χ4n) is 3.83. The molecule has 1 aliphatic rings. The number of hydrogen-bond acceptors (Lipinski definition) is 7. The number of nitriles is 1. The molecule has 7 nitrogen and oxygen atoms in total. The van der Waals surface area contributed by atoms with Crippen LogP contribution in [-0.2, 0) is 15.7 Å². The zero-order valence-corrected chi connectivity index (χ0v) is 17.7. The Morgan fingerprint density at radius 2 is 1.67 bits per heavy atom. The molecule has 0 bridgehead atoms. The number of para-hydroxylation sites is 2. The molecule has 33 heavy (non-hydrogen) atoms. The number of halogens is 3. The van der Waals surface area contributed by atoms with Crippen molar-refractivity contribution in [1.29, 1.82) is 5.26 Å². The number of fused-ring (bicyclic) bond motifs is 1. The summed E-state index contributed by atoms with van der Waals surface area (Å²) in [5.41, 5.74) is 1.15. The predicted octanol–water partition coefficient (Wildman–Crippen LogP) is 3.76. The van der Waals surface area contributed by atoms with Gasteiger partial charge in [0.1, 0.15) is 5.69 Å². The average Bonchev–Trinajstić information content (AvgIpc) is 2.83. The number of aromatic nitrogens is 2. The summed E-state index contributed by atoms with van der Waals surface area (Å²) in [6.45, 7) is 1.72. The lowest BCUT2D eigenvalue weighted by atomic mass is 10.1. The van der Waals surface area contributed by atoms with Crippen molar-refractivity contribution in [3.8, 4) is 6.07 Å². The fourth-order valence-corrected chi connectivity index (χ4v) is 3.83. The second kappa shape index (κ2) is 8.94. The lowest BCUT2D eigenvalue weighted by Crippen LogP contribution is -2.47. The molecule has 1 saturated heterocycles. The Bertz CT molecular complexity index is 1220. The number of carbonyl (C=O) groups is 1. The summed E-state index contributed by atoms with van der Waals surface area (Å²) in [7, 11) is 1.20. The molecule has 1 atom stereocenters. The van der Waals surface area contributed by atoms with E-state index < -0.39 is 23.6 Å². The van der Waals surface area contributed by atoms with Crippen LogP contribution in [0.3, 0.4) is 0 Å². The molecule has 2 heterocycles. The van der Waals surface area contributed by atoms with Crippen LogP contribution in [0, 0.1) is 11.3 Å². The predicted molar refractivity (Wildman–Crippen MR) is 116 cm³/mol. The second-order valence-electron chi connectivity index (χ2n) is 7.53. The third-order valence-corrected chi connectivity index (χ3v) is 5.54.